The monoisotopic (exact) mass is 292 g/mol. The number of carbonyl (C=O) groups is 1. The molecule has 98 valence electrons. The number of fused-ring (bicyclic) bond motifs is 1. The summed E-state index contributed by atoms with van der Waals surface area (Å²) in [7, 11) is 0. The zero-order valence-electron chi connectivity index (χ0n) is 10.1. The molecule has 5 heteroatoms. The van der Waals surface area contributed by atoms with Crippen molar-refractivity contribution in [1.82, 2.24) is 0 Å². The first-order valence-corrected chi connectivity index (χ1v) is 7.66. The Hall–Kier alpha value is -1.46. The zero-order chi connectivity index (χ0) is 13.1. The van der Waals surface area contributed by atoms with Crippen molar-refractivity contribution in [2.75, 3.05) is 13.2 Å². The molecule has 3 nitrogen and oxygen atoms in total. The van der Waals surface area contributed by atoms with E-state index in [-0.39, 0.29) is 0 Å². The number of hydrogen-bond donors (Lipinski definition) is 0. The number of carbonyl (C=O) groups excluding carboxylic acids is 1. The van der Waals surface area contributed by atoms with E-state index in [9.17, 15) is 4.79 Å². The first kappa shape index (κ1) is 12.6. The molecule has 0 spiro atoms. The van der Waals surface area contributed by atoms with E-state index in [0.717, 1.165) is 38.9 Å². The summed E-state index contributed by atoms with van der Waals surface area (Å²) in [5, 5.41) is 1.98. The van der Waals surface area contributed by atoms with Gasteiger partial charge in [0.05, 0.1) is 18.1 Å². The van der Waals surface area contributed by atoms with Gasteiger partial charge in [-0.25, -0.2) is 0 Å². The van der Waals surface area contributed by atoms with Gasteiger partial charge in [-0.05, 0) is 24.3 Å². The van der Waals surface area contributed by atoms with Gasteiger partial charge in [0.15, 0.2) is 17.8 Å². The van der Waals surface area contributed by atoms with Gasteiger partial charge in [-0.3, -0.25) is 4.79 Å². The van der Waals surface area contributed by atoms with Crippen molar-refractivity contribution in [3.8, 4) is 11.5 Å². The van der Waals surface area contributed by atoms with Crippen LogP contribution < -0.4 is 9.47 Å². The number of aldehydes is 1. The summed E-state index contributed by atoms with van der Waals surface area (Å²) in [5.74, 6) is 1.61. The van der Waals surface area contributed by atoms with Crippen molar-refractivity contribution in [1.29, 1.82) is 0 Å². The molecule has 0 atom stereocenters. The molecule has 1 aliphatic heterocycles. The molecule has 0 saturated carbocycles. The number of benzene rings is 1. The molecule has 0 N–H and O–H groups in total. The molecule has 1 aliphatic rings. The standard InChI is InChI=1S/C14H12O3S2/c15-8-11-6-12(9-18-11)19-10-2-3-13-14(7-10)17-5-1-4-16-13/h2-3,6-9H,1,4-5H2. The zero-order valence-corrected chi connectivity index (χ0v) is 11.8. The highest BCUT2D eigenvalue weighted by Crippen LogP contribution is 2.37. The Kier molecular flexibility index (Phi) is 3.75. The fourth-order valence-corrected chi connectivity index (χ4v) is 3.54. The Balaban J connectivity index is 1.81. The fourth-order valence-electron chi connectivity index (χ4n) is 1.79. The summed E-state index contributed by atoms with van der Waals surface area (Å²) in [6.45, 7) is 1.39. The molecule has 19 heavy (non-hydrogen) atoms. The second-order valence-corrected chi connectivity index (χ2v) is 6.15. The van der Waals surface area contributed by atoms with Crippen molar-refractivity contribution < 1.29 is 14.3 Å². The normalized spacial score (nSPS) is 13.9. The quantitative estimate of drug-likeness (QED) is 0.804. The van der Waals surface area contributed by atoms with E-state index < -0.39 is 0 Å². The van der Waals surface area contributed by atoms with E-state index in [0.29, 0.717) is 13.2 Å². The summed E-state index contributed by atoms with van der Waals surface area (Å²) in [6, 6.07) is 7.83. The molecule has 1 aromatic heterocycles. The fraction of sp³-hybridized carbons (Fsp3) is 0.214. The van der Waals surface area contributed by atoms with E-state index >= 15 is 0 Å². The summed E-state index contributed by atoms with van der Waals surface area (Å²) in [6.07, 6.45) is 1.78. The van der Waals surface area contributed by atoms with Gasteiger partial charge < -0.3 is 9.47 Å². The van der Waals surface area contributed by atoms with Crippen LogP contribution in [0.2, 0.25) is 0 Å². The van der Waals surface area contributed by atoms with Crippen molar-refractivity contribution in [3.63, 3.8) is 0 Å². The number of rotatable bonds is 3. The van der Waals surface area contributed by atoms with Crippen LogP contribution in [0.15, 0.2) is 39.4 Å². The predicted octanol–water partition coefficient (Wildman–Crippen LogP) is 3.87. The maximum absolute atomic E-state index is 10.7. The van der Waals surface area contributed by atoms with Gasteiger partial charge >= 0.3 is 0 Å². The molecule has 0 aliphatic carbocycles. The second-order valence-electron chi connectivity index (χ2n) is 4.06. The number of thiophene rings is 1. The summed E-state index contributed by atoms with van der Waals surface area (Å²) in [4.78, 5) is 13.6. The Bertz CT molecular complexity index is 592. The lowest BCUT2D eigenvalue weighted by Gasteiger charge is -2.08. The van der Waals surface area contributed by atoms with Crippen LogP contribution in [0.5, 0.6) is 11.5 Å². The van der Waals surface area contributed by atoms with Crippen LogP contribution in [0.4, 0.5) is 0 Å². The van der Waals surface area contributed by atoms with Crippen LogP contribution >= 0.6 is 23.1 Å². The minimum atomic E-state index is 0.689. The van der Waals surface area contributed by atoms with Crippen molar-refractivity contribution in [3.05, 3.63) is 34.5 Å². The molecular weight excluding hydrogens is 280 g/mol. The molecule has 0 saturated heterocycles. The van der Waals surface area contributed by atoms with E-state index in [2.05, 4.69) is 0 Å². The maximum atomic E-state index is 10.7. The topological polar surface area (TPSA) is 35.5 Å². The first-order valence-electron chi connectivity index (χ1n) is 5.96. The van der Waals surface area contributed by atoms with Gasteiger partial charge in [0.25, 0.3) is 0 Å². The Morgan fingerprint density at radius 1 is 1.11 bits per heavy atom. The average molecular weight is 292 g/mol. The molecule has 0 radical (unpaired) electrons. The lowest BCUT2D eigenvalue weighted by molar-refractivity contribution is 0.112. The van der Waals surface area contributed by atoms with Crippen LogP contribution in [0.1, 0.15) is 16.1 Å². The number of ether oxygens (including phenoxy) is 2. The molecule has 2 aromatic rings. The van der Waals surface area contributed by atoms with Gasteiger partial charge in [-0.15, -0.1) is 11.3 Å². The Labute approximate surface area is 119 Å². The number of hydrogen-bond acceptors (Lipinski definition) is 5. The molecular formula is C14H12O3S2. The first-order chi connectivity index (χ1) is 9.35. The molecule has 0 bridgehead atoms. The molecule has 0 fully saturated rings. The highest BCUT2D eigenvalue weighted by molar-refractivity contribution is 7.99. The highest BCUT2D eigenvalue weighted by Gasteiger charge is 2.11. The SMILES string of the molecule is O=Cc1cc(Sc2ccc3c(c2)OCCCO3)cs1. The largest absolute Gasteiger partial charge is 0.490 e. The van der Waals surface area contributed by atoms with Gasteiger partial charge in [-0.2, -0.15) is 0 Å². The minimum absolute atomic E-state index is 0.689. The van der Waals surface area contributed by atoms with E-state index in [1.54, 1.807) is 11.8 Å². The average Bonchev–Trinajstić information content (AvgIpc) is 2.75. The third kappa shape index (κ3) is 2.93. The van der Waals surface area contributed by atoms with E-state index in [1.807, 2.05) is 29.6 Å². The van der Waals surface area contributed by atoms with Crippen molar-refractivity contribution in [2.45, 2.75) is 16.2 Å². The lowest BCUT2D eigenvalue weighted by Crippen LogP contribution is -1.97. The Morgan fingerprint density at radius 3 is 2.74 bits per heavy atom. The van der Waals surface area contributed by atoms with Crippen molar-refractivity contribution >= 4 is 29.4 Å². The maximum Gasteiger partial charge on any atom is 0.162 e. The van der Waals surface area contributed by atoms with E-state index in [1.165, 1.54) is 11.3 Å². The Morgan fingerprint density at radius 2 is 1.95 bits per heavy atom. The second kappa shape index (κ2) is 5.67. The summed E-state index contributed by atoms with van der Waals surface area (Å²) in [5.41, 5.74) is 0. The van der Waals surface area contributed by atoms with Gasteiger partial charge in [0.2, 0.25) is 0 Å². The van der Waals surface area contributed by atoms with Crippen LogP contribution in [0.25, 0.3) is 0 Å². The van der Waals surface area contributed by atoms with Crippen LogP contribution in [0, 0.1) is 0 Å². The smallest absolute Gasteiger partial charge is 0.162 e. The van der Waals surface area contributed by atoms with Crippen molar-refractivity contribution in [2.24, 2.45) is 0 Å². The van der Waals surface area contributed by atoms with Crippen LogP contribution in [-0.4, -0.2) is 19.5 Å². The van der Waals surface area contributed by atoms with Crippen LogP contribution in [0.3, 0.4) is 0 Å². The highest BCUT2D eigenvalue weighted by atomic mass is 32.2. The molecule has 0 amide bonds. The molecule has 3 rings (SSSR count). The van der Waals surface area contributed by atoms with Gasteiger partial charge in [-0.1, -0.05) is 11.8 Å². The lowest BCUT2D eigenvalue weighted by atomic mass is 10.3. The van der Waals surface area contributed by atoms with Crippen LogP contribution in [-0.2, 0) is 0 Å². The predicted molar refractivity (Wildman–Crippen MR) is 75.9 cm³/mol. The van der Waals surface area contributed by atoms with Gasteiger partial charge in [0.1, 0.15) is 0 Å². The summed E-state index contributed by atoms with van der Waals surface area (Å²) >= 11 is 3.08. The van der Waals surface area contributed by atoms with Gasteiger partial charge in [0, 0.05) is 21.6 Å². The minimum Gasteiger partial charge on any atom is -0.490 e. The molecule has 0 unspecified atom stereocenters. The van der Waals surface area contributed by atoms with E-state index in [4.69, 9.17) is 9.47 Å². The summed E-state index contributed by atoms with van der Waals surface area (Å²) < 4.78 is 11.3. The molecule has 2 heterocycles. The third-order valence-corrected chi connectivity index (χ3v) is 4.63. The third-order valence-electron chi connectivity index (χ3n) is 2.67. The molecule has 1 aromatic carbocycles.